The van der Waals surface area contributed by atoms with Gasteiger partial charge < -0.3 is 15.5 Å². The number of hydrogen-bond acceptors (Lipinski definition) is 8. The number of aliphatic carboxylic acids is 1. The van der Waals surface area contributed by atoms with E-state index in [1.54, 1.807) is 0 Å². The number of Topliss-reactive ketones (excluding diaryl/α,β-unsaturated/α-hetero) is 2. The molecule has 0 unspecified atom stereocenters. The Morgan fingerprint density at radius 2 is 1.61 bits per heavy atom. The Labute approximate surface area is 256 Å². The first-order valence-electron chi connectivity index (χ1n) is 15.1. The molecule has 0 aromatic carbocycles. The molecular formula is C35H36N4O5. The van der Waals surface area contributed by atoms with Crippen LogP contribution in [0.15, 0.2) is 106 Å². The number of carbonyl (C=O) groups is 3. The minimum absolute atomic E-state index is 0.0592. The number of aliphatic imine (C=N–C) groups is 3. The Morgan fingerprint density at radius 1 is 0.909 bits per heavy atom. The van der Waals surface area contributed by atoms with Gasteiger partial charge in [0.25, 0.3) is 0 Å². The van der Waals surface area contributed by atoms with Gasteiger partial charge >= 0.3 is 5.97 Å². The van der Waals surface area contributed by atoms with E-state index < -0.39 is 5.97 Å². The SMILES string of the molecule is CCC1=C(C)C2=NC1=CC1=C(C)C3=C(O)CC(=C4NC(=C(C(C)=O)C5=NC(=C2)C(C(C)=O)=C5C)[C@@H](C)[C@@H]4CCC(=O)O)C3=N1. The van der Waals surface area contributed by atoms with Crippen LogP contribution >= 0.6 is 0 Å². The Kier molecular flexibility index (Phi) is 7.02. The second kappa shape index (κ2) is 10.5. The fourth-order valence-electron chi connectivity index (χ4n) is 7.35. The molecule has 2 atom stereocenters. The van der Waals surface area contributed by atoms with Crippen molar-refractivity contribution in [3.63, 3.8) is 0 Å². The predicted octanol–water partition coefficient (Wildman–Crippen LogP) is 6.07. The summed E-state index contributed by atoms with van der Waals surface area (Å²) in [5.41, 5.74) is 10.9. The molecule has 5 heterocycles. The lowest BCUT2D eigenvalue weighted by Gasteiger charge is -2.17. The van der Waals surface area contributed by atoms with Gasteiger partial charge in [0, 0.05) is 52.8 Å². The molecule has 0 spiro atoms. The maximum absolute atomic E-state index is 13.5. The van der Waals surface area contributed by atoms with Gasteiger partial charge in [-0.25, -0.2) is 15.0 Å². The summed E-state index contributed by atoms with van der Waals surface area (Å²) >= 11 is 0. The number of fused-ring (bicyclic) bond motifs is 5. The first-order valence-corrected chi connectivity index (χ1v) is 15.1. The Hall–Kier alpha value is -4.66. The van der Waals surface area contributed by atoms with Crippen molar-refractivity contribution < 1.29 is 24.6 Å². The number of allylic oxidation sites excluding steroid dienone is 12. The Balaban J connectivity index is 1.70. The standard InChI is InChI=1S/C35H36N4O5/c1-8-20-14(2)23-13-26-29(18(6)40)17(5)33(38-26)31(19(7)41)32-15(3)21(9-10-28(43)44)34(39-32)22-11-27(42)30-16(4)24(37-35(22)30)12-25(20)36-23/h12-13,15,21,39,42H,8-11H2,1-7H3,(H,43,44)/t15-,21-/m0/s1. The molecule has 0 saturated carbocycles. The summed E-state index contributed by atoms with van der Waals surface area (Å²) in [7, 11) is 0. The number of carboxylic acids is 1. The highest BCUT2D eigenvalue weighted by atomic mass is 16.4. The quantitative estimate of drug-likeness (QED) is 0.342. The number of nitrogens with one attached hydrogen (secondary N) is 1. The molecule has 9 heteroatoms. The van der Waals surface area contributed by atoms with Crippen LogP contribution in [0.5, 0.6) is 0 Å². The minimum atomic E-state index is -0.909. The number of carboxylic acid groups (broad SMARTS) is 1. The predicted molar refractivity (Wildman–Crippen MR) is 169 cm³/mol. The summed E-state index contributed by atoms with van der Waals surface area (Å²) in [6.07, 6.45) is 5.02. The minimum Gasteiger partial charge on any atom is -0.511 e. The van der Waals surface area contributed by atoms with Crippen molar-refractivity contribution in [1.29, 1.82) is 0 Å². The lowest BCUT2D eigenvalue weighted by atomic mass is 9.84. The van der Waals surface area contributed by atoms with Crippen molar-refractivity contribution in [2.75, 3.05) is 0 Å². The first-order chi connectivity index (χ1) is 20.8. The lowest BCUT2D eigenvalue weighted by Crippen LogP contribution is -2.20. The van der Waals surface area contributed by atoms with E-state index >= 15 is 0 Å². The van der Waals surface area contributed by atoms with Crippen molar-refractivity contribution in [3.05, 3.63) is 91.0 Å². The normalized spacial score (nSPS) is 24.3. The molecule has 226 valence electrons. The molecule has 9 nitrogen and oxygen atoms in total. The summed E-state index contributed by atoms with van der Waals surface area (Å²) in [5.74, 6) is -1.61. The van der Waals surface area contributed by atoms with E-state index in [-0.39, 0.29) is 42.0 Å². The van der Waals surface area contributed by atoms with E-state index in [0.717, 1.165) is 40.1 Å². The summed E-state index contributed by atoms with van der Waals surface area (Å²) in [4.78, 5) is 53.1. The van der Waals surface area contributed by atoms with Crippen molar-refractivity contribution in [2.24, 2.45) is 26.8 Å². The van der Waals surface area contributed by atoms with E-state index in [9.17, 15) is 24.6 Å². The van der Waals surface area contributed by atoms with Crippen LogP contribution in [-0.2, 0) is 14.4 Å². The second-order valence-corrected chi connectivity index (χ2v) is 12.2. The van der Waals surface area contributed by atoms with Gasteiger partial charge in [0.2, 0.25) is 0 Å². The zero-order valence-electron chi connectivity index (χ0n) is 26.1. The third-order valence-electron chi connectivity index (χ3n) is 9.56. The molecule has 6 rings (SSSR count). The summed E-state index contributed by atoms with van der Waals surface area (Å²) in [5, 5.41) is 24.3. The van der Waals surface area contributed by atoms with Gasteiger partial charge in [-0.05, 0) is 81.9 Å². The molecule has 1 aliphatic carbocycles. The van der Waals surface area contributed by atoms with Gasteiger partial charge in [-0.3, -0.25) is 14.4 Å². The number of aliphatic hydroxyl groups excluding tert-OH is 1. The maximum atomic E-state index is 13.5. The number of aliphatic hydroxyl groups is 1. The highest BCUT2D eigenvalue weighted by Crippen LogP contribution is 2.47. The molecule has 3 N–H and O–H groups in total. The van der Waals surface area contributed by atoms with Crippen LogP contribution in [0.4, 0.5) is 0 Å². The van der Waals surface area contributed by atoms with E-state index in [1.807, 2.05) is 39.8 Å². The van der Waals surface area contributed by atoms with Gasteiger partial charge in [-0.15, -0.1) is 0 Å². The third kappa shape index (κ3) is 4.36. The number of carbonyl (C=O) groups excluding carboxylic acids is 2. The van der Waals surface area contributed by atoms with Gasteiger partial charge in [0.05, 0.1) is 39.8 Å². The van der Waals surface area contributed by atoms with E-state index in [0.29, 0.717) is 62.9 Å². The summed E-state index contributed by atoms with van der Waals surface area (Å²) in [6.45, 7) is 12.8. The fraction of sp³-hybridized carbons (Fsp3) is 0.371. The first kappa shape index (κ1) is 29.4. The molecule has 1 saturated heterocycles. The largest absolute Gasteiger partial charge is 0.511 e. The molecule has 8 bridgehead atoms. The van der Waals surface area contributed by atoms with Gasteiger partial charge in [-0.1, -0.05) is 13.8 Å². The molecule has 1 fully saturated rings. The topological polar surface area (TPSA) is 141 Å². The van der Waals surface area contributed by atoms with Crippen molar-refractivity contribution >= 4 is 34.7 Å². The average molecular weight is 593 g/mol. The molecule has 0 aromatic heterocycles. The smallest absolute Gasteiger partial charge is 0.303 e. The van der Waals surface area contributed by atoms with Crippen molar-refractivity contribution in [3.8, 4) is 0 Å². The van der Waals surface area contributed by atoms with Crippen LogP contribution in [0.3, 0.4) is 0 Å². The number of nitrogens with zero attached hydrogens (tertiary/aromatic N) is 3. The molecule has 6 aliphatic rings. The second-order valence-electron chi connectivity index (χ2n) is 12.2. The van der Waals surface area contributed by atoms with Gasteiger partial charge in [-0.2, -0.15) is 0 Å². The Bertz CT molecular complexity index is 1860. The van der Waals surface area contributed by atoms with Gasteiger partial charge in [0.15, 0.2) is 11.6 Å². The average Bonchev–Trinajstić information content (AvgIpc) is 3.70. The van der Waals surface area contributed by atoms with Crippen molar-refractivity contribution in [2.45, 2.75) is 74.1 Å². The summed E-state index contributed by atoms with van der Waals surface area (Å²) in [6, 6.07) is 0. The molecule has 0 aromatic rings. The molecule has 44 heavy (non-hydrogen) atoms. The molecular weight excluding hydrogens is 556 g/mol. The van der Waals surface area contributed by atoms with Crippen LogP contribution in [0, 0.1) is 11.8 Å². The molecule has 0 amide bonds. The van der Waals surface area contributed by atoms with Crippen LogP contribution in [-0.4, -0.2) is 44.9 Å². The zero-order valence-corrected chi connectivity index (χ0v) is 26.1. The van der Waals surface area contributed by atoms with Crippen LogP contribution < -0.4 is 5.32 Å². The third-order valence-corrected chi connectivity index (χ3v) is 9.56. The van der Waals surface area contributed by atoms with Gasteiger partial charge in [0.1, 0.15) is 5.76 Å². The lowest BCUT2D eigenvalue weighted by molar-refractivity contribution is -0.137. The van der Waals surface area contributed by atoms with E-state index in [2.05, 4.69) is 12.2 Å². The van der Waals surface area contributed by atoms with Crippen LogP contribution in [0.2, 0.25) is 0 Å². The molecule has 0 radical (unpaired) electrons. The summed E-state index contributed by atoms with van der Waals surface area (Å²) < 4.78 is 0. The van der Waals surface area contributed by atoms with Crippen LogP contribution in [0.25, 0.3) is 0 Å². The van der Waals surface area contributed by atoms with E-state index in [4.69, 9.17) is 15.0 Å². The zero-order chi connectivity index (χ0) is 31.8. The molecule has 5 aliphatic heterocycles. The highest BCUT2D eigenvalue weighted by molar-refractivity contribution is 6.32. The highest BCUT2D eigenvalue weighted by Gasteiger charge is 2.43. The number of ketones is 2. The number of hydrogen-bond donors (Lipinski definition) is 3. The fourth-order valence-corrected chi connectivity index (χ4v) is 7.35. The van der Waals surface area contributed by atoms with Crippen LogP contribution in [0.1, 0.15) is 74.1 Å². The van der Waals surface area contributed by atoms with Crippen molar-refractivity contribution in [1.82, 2.24) is 5.32 Å². The maximum Gasteiger partial charge on any atom is 0.303 e. The Morgan fingerprint density at radius 3 is 2.25 bits per heavy atom. The van der Waals surface area contributed by atoms with E-state index in [1.165, 1.54) is 13.8 Å². The number of rotatable bonds is 6. The monoisotopic (exact) mass is 592 g/mol.